The number of carbonyl (C=O) groups excluding carboxylic acids is 2. The smallest absolute Gasteiger partial charge is 0.255 e. The minimum absolute atomic E-state index is 0. The molecule has 6 nitrogen and oxygen atoms in total. The van der Waals surface area contributed by atoms with Crippen molar-refractivity contribution in [1.29, 1.82) is 0 Å². The molecule has 1 aromatic rings. The number of carbonyl (C=O) groups is 2. The minimum Gasteiger partial charge on any atom is -0.484 e. The van der Waals surface area contributed by atoms with Crippen molar-refractivity contribution in [1.82, 2.24) is 10.6 Å². The van der Waals surface area contributed by atoms with Crippen LogP contribution in [0.5, 0.6) is 5.75 Å². The monoisotopic (exact) mass is 301 g/mol. The summed E-state index contributed by atoms with van der Waals surface area (Å²) in [4.78, 5) is 22.3. The van der Waals surface area contributed by atoms with Crippen molar-refractivity contribution in [3.63, 3.8) is 0 Å². The molecule has 0 aliphatic carbocycles. The second kappa shape index (κ2) is 10.1. The first-order chi connectivity index (χ1) is 9.13. The second-order valence-electron chi connectivity index (χ2n) is 3.99. The number of ether oxygens (including phenoxy) is 1. The summed E-state index contributed by atoms with van der Waals surface area (Å²) >= 11 is 0. The van der Waals surface area contributed by atoms with Gasteiger partial charge in [0, 0.05) is 12.1 Å². The van der Waals surface area contributed by atoms with E-state index in [1.807, 2.05) is 7.05 Å². The summed E-state index contributed by atoms with van der Waals surface area (Å²) in [7, 11) is 1.87. The molecule has 2 amide bonds. The number of benzene rings is 1. The molecule has 0 spiro atoms. The first kappa shape index (κ1) is 18.2. The zero-order valence-corrected chi connectivity index (χ0v) is 12.2. The van der Waals surface area contributed by atoms with Gasteiger partial charge in [0.05, 0.1) is 0 Å². The van der Waals surface area contributed by atoms with E-state index in [-0.39, 0.29) is 24.9 Å². The van der Waals surface area contributed by atoms with Gasteiger partial charge in [0.1, 0.15) is 5.75 Å². The molecular formula is C13H20ClN3O3. The molecule has 0 atom stereocenters. The van der Waals surface area contributed by atoms with Gasteiger partial charge in [-0.1, -0.05) is 0 Å². The molecule has 7 heteroatoms. The van der Waals surface area contributed by atoms with Crippen molar-refractivity contribution >= 4 is 24.2 Å². The number of amides is 2. The molecule has 4 N–H and O–H groups in total. The van der Waals surface area contributed by atoms with E-state index in [1.165, 1.54) is 0 Å². The standard InChI is InChI=1S/C13H19N3O3.ClH/c1-15-7-2-8-16-13(18)10-3-5-11(6-4-10)19-9-12(14)17;/h3-6,15H,2,7-9H2,1H3,(H2,14,17)(H,16,18);1H. The van der Waals surface area contributed by atoms with E-state index in [2.05, 4.69) is 10.6 Å². The lowest BCUT2D eigenvalue weighted by Crippen LogP contribution is -2.26. The Kier molecular flexibility index (Phi) is 9.15. The number of primary amides is 1. The highest BCUT2D eigenvalue weighted by Crippen LogP contribution is 2.11. The van der Waals surface area contributed by atoms with Crippen LogP contribution in [0.1, 0.15) is 16.8 Å². The molecule has 0 saturated carbocycles. The molecule has 1 rings (SSSR count). The fraction of sp³-hybridized carbons (Fsp3) is 0.385. The first-order valence-corrected chi connectivity index (χ1v) is 6.07. The Morgan fingerprint density at radius 2 is 1.85 bits per heavy atom. The second-order valence-corrected chi connectivity index (χ2v) is 3.99. The Morgan fingerprint density at radius 1 is 1.20 bits per heavy atom. The highest BCUT2D eigenvalue weighted by atomic mass is 35.5. The van der Waals surface area contributed by atoms with Gasteiger partial charge in [0.2, 0.25) is 0 Å². The molecule has 0 saturated heterocycles. The van der Waals surface area contributed by atoms with Crippen molar-refractivity contribution in [3.8, 4) is 5.75 Å². The maximum absolute atomic E-state index is 11.7. The van der Waals surface area contributed by atoms with Crippen molar-refractivity contribution in [2.75, 3.05) is 26.7 Å². The largest absolute Gasteiger partial charge is 0.484 e. The molecule has 0 aliphatic rings. The van der Waals surface area contributed by atoms with Crippen LogP contribution in [0.4, 0.5) is 0 Å². The van der Waals surface area contributed by atoms with Gasteiger partial charge in [-0.25, -0.2) is 0 Å². The summed E-state index contributed by atoms with van der Waals surface area (Å²) in [6.07, 6.45) is 0.877. The van der Waals surface area contributed by atoms with Crippen LogP contribution in [0.2, 0.25) is 0 Å². The third kappa shape index (κ3) is 6.96. The summed E-state index contributed by atoms with van der Waals surface area (Å²) in [5.41, 5.74) is 5.52. The molecule has 112 valence electrons. The molecule has 0 unspecified atom stereocenters. The van der Waals surface area contributed by atoms with Crippen molar-refractivity contribution in [2.24, 2.45) is 5.73 Å². The Labute approximate surface area is 124 Å². The van der Waals surface area contributed by atoms with Gasteiger partial charge in [-0.05, 0) is 44.3 Å². The first-order valence-electron chi connectivity index (χ1n) is 6.07. The van der Waals surface area contributed by atoms with Crippen LogP contribution < -0.4 is 21.1 Å². The van der Waals surface area contributed by atoms with E-state index >= 15 is 0 Å². The Hall–Kier alpha value is -1.79. The van der Waals surface area contributed by atoms with Crippen molar-refractivity contribution in [3.05, 3.63) is 29.8 Å². The van der Waals surface area contributed by atoms with Gasteiger partial charge in [-0.15, -0.1) is 12.4 Å². The van der Waals surface area contributed by atoms with Gasteiger partial charge >= 0.3 is 0 Å². The molecule has 0 aliphatic heterocycles. The summed E-state index contributed by atoms with van der Waals surface area (Å²) in [6.45, 7) is 1.31. The summed E-state index contributed by atoms with van der Waals surface area (Å²) in [5.74, 6) is -0.158. The maximum atomic E-state index is 11.7. The average Bonchev–Trinajstić information content (AvgIpc) is 2.41. The molecule has 0 aromatic heterocycles. The van der Waals surface area contributed by atoms with Gasteiger partial charge in [0.25, 0.3) is 11.8 Å². The average molecular weight is 302 g/mol. The van der Waals surface area contributed by atoms with E-state index < -0.39 is 5.91 Å². The number of rotatable bonds is 8. The van der Waals surface area contributed by atoms with Gasteiger partial charge in [-0.3, -0.25) is 9.59 Å². The summed E-state index contributed by atoms with van der Waals surface area (Å²) in [5, 5.41) is 5.82. The quantitative estimate of drug-likeness (QED) is 0.603. The Bertz CT molecular complexity index is 423. The van der Waals surface area contributed by atoms with Crippen LogP contribution in [0.15, 0.2) is 24.3 Å². The fourth-order valence-corrected chi connectivity index (χ4v) is 1.43. The number of nitrogens with two attached hydrogens (primary N) is 1. The van der Waals surface area contributed by atoms with Gasteiger partial charge < -0.3 is 21.1 Å². The number of hydrogen-bond donors (Lipinski definition) is 3. The van der Waals surface area contributed by atoms with Gasteiger partial charge in [0.15, 0.2) is 6.61 Å². The third-order valence-corrected chi connectivity index (χ3v) is 2.39. The van der Waals surface area contributed by atoms with Crippen molar-refractivity contribution in [2.45, 2.75) is 6.42 Å². The molecule has 0 radical (unpaired) electrons. The van der Waals surface area contributed by atoms with E-state index in [9.17, 15) is 9.59 Å². The predicted octanol–water partition coefficient (Wildman–Crippen LogP) is 0.312. The van der Waals surface area contributed by atoms with E-state index in [4.69, 9.17) is 10.5 Å². The van der Waals surface area contributed by atoms with Gasteiger partial charge in [-0.2, -0.15) is 0 Å². The van der Waals surface area contributed by atoms with E-state index in [0.29, 0.717) is 17.9 Å². The molecule has 20 heavy (non-hydrogen) atoms. The molecule has 1 aromatic carbocycles. The van der Waals surface area contributed by atoms with Crippen LogP contribution in [-0.4, -0.2) is 38.6 Å². The van der Waals surface area contributed by atoms with Crippen molar-refractivity contribution < 1.29 is 14.3 Å². The number of halogens is 1. The molecule has 0 heterocycles. The third-order valence-electron chi connectivity index (χ3n) is 2.39. The minimum atomic E-state index is -0.536. The van der Waals surface area contributed by atoms with E-state index in [0.717, 1.165) is 13.0 Å². The summed E-state index contributed by atoms with van der Waals surface area (Å²) in [6, 6.07) is 6.55. The predicted molar refractivity (Wildman–Crippen MR) is 79.3 cm³/mol. The number of hydrogen-bond acceptors (Lipinski definition) is 4. The summed E-state index contributed by atoms with van der Waals surface area (Å²) < 4.78 is 5.10. The topological polar surface area (TPSA) is 93.4 Å². The molecule has 0 bridgehead atoms. The van der Waals surface area contributed by atoms with Crippen LogP contribution in [0.3, 0.4) is 0 Å². The van der Waals surface area contributed by atoms with Crippen LogP contribution in [0, 0.1) is 0 Å². The Morgan fingerprint density at radius 3 is 2.40 bits per heavy atom. The van der Waals surface area contributed by atoms with E-state index in [1.54, 1.807) is 24.3 Å². The molecular weight excluding hydrogens is 282 g/mol. The highest BCUT2D eigenvalue weighted by molar-refractivity contribution is 5.94. The molecule has 0 fully saturated rings. The maximum Gasteiger partial charge on any atom is 0.255 e. The lowest BCUT2D eigenvalue weighted by atomic mass is 10.2. The van der Waals surface area contributed by atoms with Crippen LogP contribution in [0.25, 0.3) is 0 Å². The number of nitrogens with one attached hydrogen (secondary N) is 2. The van der Waals surface area contributed by atoms with Crippen LogP contribution >= 0.6 is 12.4 Å². The fourth-order valence-electron chi connectivity index (χ4n) is 1.43. The SMILES string of the molecule is CNCCCNC(=O)c1ccc(OCC(N)=O)cc1.Cl. The normalized spacial score (nSPS) is 9.45. The zero-order valence-electron chi connectivity index (χ0n) is 11.3. The highest BCUT2D eigenvalue weighted by Gasteiger charge is 2.05. The lowest BCUT2D eigenvalue weighted by molar-refractivity contribution is -0.119. The lowest BCUT2D eigenvalue weighted by Gasteiger charge is -2.06. The van der Waals surface area contributed by atoms with Crippen LogP contribution in [-0.2, 0) is 4.79 Å². The Balaban J connectivity index is 0.00000361. The zero-order chi connectivity index (χ0) is 14.1.